The Morgan fingerprint density at radius 3 is 2.25 bits per heavy atom. The molecule has 4 N–H and O–H groups in total. The fourth-order valence-electron chi connectivity index (χ4n) is 1.36. The quantitative estimate of drug-likeness (QED) is 0.448. The van der Waals surface area contributed by atoms with E-state index in [0.29, 0.717) is 0 Å². The molecule has 0 bridgehead atoms. The van der Waals surface area contributed by atoms with E-state index in [1.807, 2.05) is 42.5 Å². The molecule has 0 saturated carbocycles. The third-order valence-corrected chi connectivity index (χ3v) is 2.23. The average molecular weight is 214 g/mol. The van der Waals surface area contributed by atoms with Crippen LogP contribution in [0, 0.1) is 0 Å². The summed E-state index contributed by atoms with van der Waals surface area (Å²) in [6.45, 7) is 0. The minimum atomic E-state index is -0.848. The van der Waals surface area contributed by atoms with Gasteiger partial charge in [0.1, 0.15) is 11.7 Å². The largest absolute Gasteiger partial charge is 0.307 e. The monoisotopic (exact) mass is 214 g/mol. The van der Waals surface area contributed by atoms with E-state index in [4.69, 9.17) is 11.5 Å². The Kier molecular flexibility index (Phi) is 2.94. The van der Waals surface area contributed by atoms with Crippen LogP contribution in [0.2, 0.25) is 0 Å². The van der Waals surface area contributed by atoms with E-state index >= 15 is 0 Å². The summed E-state index contributed by atoms with van der Waals surface area (Å²) < 4.78 is 0. The van der Waals surface area contributed by atoms with E-state index in [0.717, 1.165) is 5.69 Å². The summed E-state index contributed by atoms with van der Waals surface area (Å²) in [6.07, 6.45) is 7.13. The fourth-order valence-corrected chi connectivity index (χ4v) is 1.36. The summed E-state index contributed by atoms with van der Waals surface area (Å²) in [7, 11) is 0. The molecule has 0 aliphatic heterocycles. The van der Waals surface area contributed by atoms with Crippen molar-refractivity contribution < 1.29 is 0 Å². The molecular weight excluding hydrogens is 200 g/mol. The van der Waals surface area contributed by atoms with Gasteiger partial charge in [-0.1, -0.05) is 30.4 Å². The van der Waals surface area contributed by atoms with Crippen LogP contribution in [0.5, 0.6) is 0 Å². The van der Waals surface area contributed by atoms with Gasteiger partial charge in [0, 0.05) is 0 Å². The van der Waals surface area contributed by atoms with E-state index in [1.165, 1.54) is 0 Å². The first kappa shape index (κ1) is 10.7. The van der Waals surface area contributed by atoms with Crippen LogP contribution in [0.25, 0.3) is 0 Å². The maximum absolute atomic E-state index is 5.68. The van der Waals surface area contributed by atoms with Gasteiger partial charge in [-0.05, 0) is 24.3 Å². The van der Waals surface area contributed by atoms with Crippen molar-refractivity contribution in [1.82, 2.24) is 0 Å². The highest BCUT2D eigenvalue weighted by molar-refractivity contribution is 5.35. The van der Waals surface area contributed by atoms with Crippen molar-refractivity contribution in [2.45, 2.75) is 11.7 Å². The van der Waals surface area contributed by atoms with Crippen LogP contribution in [0.15, 0.2) is 64.9 Å². The summed E-state index contributed by atoms with van der Waals surface area (Å²) >= 11 is 0. The molecule has 16 heavy (non-hydrogen) atoms. The van der Waals surface area contributed by atoms with Gasteiger partial charge in [-0.25, -0.2) is 0 Å². The standard InChI is InChI=1S/C12H14N4/c13-12(14)8-6-11(7-9-12)16-15-10-4-2-1-3-5-10/h1-9,11H,13-14H2/b16-15+. The average Bonchev–Trinajstić information content (AvgIpc) is 2.29. The second-order valence-corrected chi connectivity index (χ2v) is 3.76. The summed E-state index contributed by atoms with van der Waals surface area (Å²) in [4.78, 5) is 0. The van der Waals surface area contributed by atoms with Crippen LogP contribution in [0.3, 0.4) is 0 Å². The molecule has 0 heterocycles. The van der Waals surface area contributed by atoms with Gasteiger partial charge in [0.05, 0.1) is 5.69 Å². The second kappa shape index (κ2) is 4.38. The first-order valence-corrected chi connectivity index (χ1v) is 5.08. The van der Waals surface area contributed by atoms with Crippen LogP contribution in [0.4, 0.5) is 5.69 Å². The zero-order valence-corrected chi connectivity index (χ0v) is 8.82. The molecular formula is C12H14N4. The fraction of sp³-hybridized carbons (Fsp3) is 0.167. The van der Waals surface area contributed by atoms with Crippen LogP contribution >= 0.6 is 0 Å². The highest BCUT2D eigenvalue weighted by Crippen LogP contribution is 2.14. The Bertz CT molecular complexity index is 416. The molecule has 0 unspecified atom stereocenters. The van der Waals surface area contributed by atoms with Crippen molar-refractivity contribution in [3.05, 3.63) is 54.6 Å². The lowest BCUT2D eigenvalue weighted by Gasteiger charge is -2.19. The van der Waals surface area contributed by atoms with Gasteiger partial charge in [-0.2, -0.15) is 10.2 Å². The van der Waals surface area contributed by atoms with Gasteiger partial charge < -0.3 is 11.5 Å². The molecule has 1 aromatic carbocycles. The first-order chi connectivity index (χ1) is 7.66. The number of rotatable bonds is 2. The van der Waals surface area contributed by atoms with Crippen LogP contribution < -0.4 is 11.5 Å². The predicted molar refractivity (Wildman–Crippen MR) is 64.1 cm³/mol. The molecule has 82 valence electrons. The van der Waals surface area contributed by atoms with E-state index in [2.05, 4.69) is 10.2 Å². The molecule has 0 atom stereocenters. The molecule has 2 rings (SSSR count). The number of nitrogens with zero attached hydrogens (tertiary/aromatic N) is 2. The summed E-state index contributed by atoms with van der Waals surface area (Å²) in [5.41, 5.74) is 11.3. The molecule has 0 amide bonds. The van der Waals surface area contributed by atoms with Gasteiger partial charge in [0.15, 0.2) is 0 Å². The van der Waals surface area contributed by atoms with Crippen LogP contribution in [-0.4, -0.2) is 11.7 Å². The summed E-state index contributed by atoms with van der Waals surface area (Å²) in [6, 6.07) is 9.50. The lowest BCUT2D eigenvalue weighted by Crippen LogP contribution is -2.46. The minimum absolute atomic E-state index is 0.0829. The SMILES string of the molecule is NC1(N)C=CC(/N=N/c2ccccc2)C=C1. The molecule has 4 heteroatoms. The van der Waals surface area contributed by atoms with Crippen LogP contribution in [-0.2, 0) is 0 Å². The molecule has 0 radical (unpaired) electrons. The van der Waals surface area contributed by atoms with Gasteiger partial charge in [-0.15, -0.1) is 0 Å². The zero-order chi connectivity index (χ0) is 11.4. The van der Waals surface area contributed by atoms with E-state index in [9.17, 15) is 0 Å². The molecule has 1 aliphatic rings. The van der Waals surface area contributed by atoms with Crippen molar-refractivity contribution >= 4 is 5.69 Å². The number of benzene rings is 1. The van der Waals surface area contributed by atoms with Gasteiger partial charge >= 0.3 is 0 Å². The van der Waals surface area contributed by atoms with Gasteiger partial charge in [0.25, 0.3) is 0 Å². The Balaban J connectivity index is 2.03. The van der Waals surface area contributed by atoms with Crippen molar-refractivity contribution in [1.29, 1.82) is 0 Å². The summed E-state index contributed by atoms with van der Waals surface area (Å²) in [5.74, 6) is 0. The molecule has 1 aromatic rings. The highest BCUT2D eigenvalue weighted by Gasteiger charge is 2.15. The third kappa shape index (κ3) is 2.85. The zero-order valence-electron chi connectivity index (χ0n) is 8.82. The Morgan fingerprint density at radius 1 is 1.00 bits per heavy atom. The Morgan fingerprint density at radius 2 is 1.62 bits per heavy atom. The highest BCUT2D eigenvalue weighted by atomic mass is 15.1. The van der Waals surface area contributed by atoms with Gasteiger partial charge in [-0.3, -0.25) is 0 Å². The minimum Gasteiger partial charge on any atom is -0.307 e. The maximum Gasteiger partial charge on any atom is 0.108 e. The normalized spacial score (nSPS) is 19.4. The molecule has 1 aliphatic carbocycles. The molecule has 0 spiro atoms. The first-order valence-electron chi connectivity index (χ1n) is 5.08. The summed E-state index contributed by atoms with van der Waals surface area (Å²) in [5, 5.41) is 8.28. The topological polar surface area (TPSA) is 76.8 Å². The predicted octanol–water partition coefficient (Wildman–Crippen LogP) is 1.88. The Hall–Kier alpha value is -1.78. The Labute approximate surface area is 94.4 Å². The molecule has 0 saturated heterocycles. The number of hydrogen-bond donors (Lipinski definition) is 2. The molecule has 0 fully saturated rings. The number of azo groups is 1. The molecule has 0 aromatic heterocycles. The van der Waals surface area contributed by atoms with Crippen molar-refractivity contribution in [2.24, 2.45) is 21.7 Å². The van der Waals surface area contributed by atoms with Crippen molar-refractivity contribution in [3.8, 4) is 0 Å². The lowest BCUT2D eigenvalue weighted by atomic mass is 10.0. The van der Waals surface area contributed by atoms with Crippen molar-refractivity contribution in [3.63, 3.8) is 0 Å². The van der Waals surface area contributed by atoms with E-state index in [-0.39, 0.29) is 6.04 Å². The number of hydrogen-bond acceptors (Lipinski definition) is 4. The number of nitrogens with two attached hydrogens (primary N) is 2. The smallest absolute Gasteiger partial charge is 0.108 e. The van der Waals surface area contributed by atoms with E-state index < -0.39 is 5.66 Å². The second-order valence-electron chi connectivity index (χ2n) is 3.76. The van der Waals surface area contributed by atoms with E-state index in [1.54, 1.807) is 12.2 Å². The van der Waals surface area contributed by atoms with Gasteiger partial charge in [0.2, 0.25) is 0 Å². The van der Waals surface area contributed by atoms with Crippen molar-refractivity contribution in [2.75, 3.05) is 0 Å². The lowest BCUT2D eigenvalue weighted by molar-refractivity contribution is 0.670. The molecule has 4 nitrogen and oxygen atoms in total. The maximum atomic E-state index is 5.68. The third-order valence-electron chi connectivity index (χ3n) is 2.23. The van der Waals surface area contributed by atoms with Crippen LogP contribution in [0.1, 0.15) is 0 Å².